The number of carbonyl (C=O) groups excluding carboxylic acids is 1. The molecule has 8 nitrogen and oxygen atoms in total. The van der Waals surface area contributed by atoms with Gasteiger partial charge >= 0.3 is 0 Å². The van der Waals surface area contributed by atoms with Crippen LogP contribution >= 0.6 is 0 Å². The molecule has 0 atom stereocenters. The Morgan fingerprint density at radius 3 is 2.84 bits per heavy atom. The second-order valence-corrected chi connectivity index (χ2v) is 6.32. The number of fused-ring (bicyclic) bond motifs is 1. The molecule has 1 aliphatic rings. The van der Waals surface area contributed by atoms with Crippen LogP contribution in [-0.4, -0.2) is 31.1 Å². The van der Waals surface area contributed by atoms with E-state index in [2.05, 4.69) is 30.5 Å². The minimum atomic E-state index is -0.410. The molecule has 0 bridgehead atoms. The minimum absolute atomic E-state index is 0.146. The average Bonchev–Trinajstić information content (AvgIpc) is 3.11. The Kier molecular flexibility index (Phi) is 4.01. The standard InChI is InChI=1S/C17H18N6O2/c24-16-11-6-13(18-8-14(11)19-9-20-16)17(25)21-15-7-12(22-23-15)10-4-2-1-3-5-10/h6-10H,1-5H2,(H,19,20,24)(H2,21,22,23,25). The molecule has 3 aromatic heterocycles. The van der Waals surface area contributed by atoms with Crippen LogP contribution in [0.4, 0.5) is 5.82 Å². The molecule has 128 valence electrons. The molecule has 0 aromatic carbocycles. The van der Waals surface area contributed by atoms with Crippen molar-refractivity contribution in [3.05, 3.63) is 46.4 Å². The quantitative estimate of drug-likeness (QED) is 0.678. The topological polar surface area (TPSA) is 116 Å². The number of hydrogen-bond acceptors (Lipinski definition) is 5. The first kappa shape index (κ1) is 15.5. The van der Waals surface area contributed by atoms with Gasteiger partial charge in [-0.15, -0.1) is 0 Å². The van der Waals surface area contributed by atoms with Crippen molar-refractivity contribution < 1.29 is 4.79 Å². The summed E-state index contributed by atoms with van der Waals surface area (Å²) in [5.74, 6) is 0.537. The van der Waals surface area contributed by atoms with E-state index in [4.69, 9.17) is 0 Å². The first-order valence-electron chi connectivity index (χ1n) is 8.41. The fraction of sp³-hybridized carbons (Fsp3) is 0.353. The number of pyridine rings is 1. The van der Waals surface area contributed by atoms with Crippen LogP contribution < -0.4 is 10.9 Å². The molecule has 0 aliphatic heterocycles. The number of nitrogens with one attached hydrogen (secondary N) is 3. The summed E-state index contributed by atoms with van der Waals surface area (Å²) >= 11 is 0. The molecule has 1 fully saturated rings. The lowest BCUT2D eigenvalue weighted by atomic mass is 9.87. The van der Waals surface area contributed by atoms with Gasteiger partial charge in [-0.05, 0) is 18.9 Å². The molecule has 0 radical (unpaired) electrons. The summed E-state index contributed by atoms with van der Waals surface area (Å²) in [7, 11) is 0. The Morgan fingerprint density at radius 1 is 1.16 bits per heavy atom. The maximum atomic E-state index is 12.4. The van der Waals surface area contributed by atoms with Crippen LogP contribution in [0.2, 0.25) is 0 Å². The van der Waals surface area contributed by atoms with Gasteiger partial charge in [0.05, 0.1) is 23.4 Å². The highest BCUT2D eigenvalue weighted by molar-refractivity contribution is 6.03. The maximum absolute atomic E-state index is 12.4. The number of nitrogens with zero attached hydrogens (tertiary/aromatic N) is 3. The van der Waals surface area contributed by atoms with E-state index >= 15 is 0 Å². The fourth-order valence-corrected chi connectivity index (χ4v) is 3.30. The summed E-state index contributed by atoms with van der Waals surface area (Å²) < 4.78 is 0. The van der Waals surface area contributed by atoms with Gasteiger partial charge in [0.15, 0.2) is 5.82 Å². The Labute approximate surface area is 143 Å². The second kappa shape index (κ2) is 6.46. The van der Waals surface area contributed by atoms with Gasteiger partial charge in [-0.3, -0.25) is 14.7 Å². The zero-order valence-electron chi connectivity index (χ0n) is 13.6. The molecule has 0 saturated heterocycles. The molecular weight excluding hydrogens is 320 g/mol. The highest BCUT2D eigenvalue weighted by atomic mass is 16.2. The Hall–Kier alpha value is -3.03. The zero-order chi connectivity index (χ0) is 17.2. The van der Waals surface area contributed by atoms with Gasteiger partial charge in [-0.1, -0.05) is 19.3 Å². The third-order valence-electron chi connectivity index (χ3n) is 4.64. The van der Waals surface area contributed by atoms with E-state index in [1.54, 1.807) is 0 Å². The number of H-pyrrole nitrogens is 2. The summed E-state index contributed by atoms with van der Waals surface area (Å²) in [5, 5.41) is 10.2. The Bertz CT molecular complexity index is 970. The summed E-state index contributed by atoms with van der Waals surface area (Å²) in [6.45, 7) is 0. The predicted octanol–water partition coefficient (Wildman–Crippen LogP) is 2.34. The molecule has 0 spiro atoms. The van der Waals surface area contributed by atoms with Crippen LogP contribution in [0.25, 0.3) is 10.9 Å². The highest BCUT2D eigenvalue weighted by Crippen LogP contribution is 2.32. The van der Waals surface area contributed by atoms with E-state index in [0.29, 0.717) is 22.6 Å². The van der Waals surface area contributed by atoms with Crippen molar-refractivity contribution in [2.24, 2.45) is 0 Å². The lowest BCUT2D eigenvalue weighted by molar-refractivity contribution is 0.102. The van der Waals surface area contributed by atoms with Crippen LogP contribution in [0.15, 0.2) is 29.5 Å². The fourth-order valence-electron chi connectivity index (χ4n) is 3.30. The van der Waals surface area contributed by atoms with E-state index in [-0.39, 0.29) is 11.3 Å². The Balaban J connectivity index is 1.53. The number of aromatic amines is 2. The number of aromatic nitrogens is 5. The number of anilines is 1. The molecule has 0 unspecified atom stereocenters. The number of hydrogen-bond donors (Lipinski definition) is 3. The third kappa shape index (κ3) is 3.15. The number of rotatable bonds is 3. The average molecular weight is 338 g/mol. The maximum Gasteiger partial charge on any atom is 0.275 e. The molecular formula is C17H18N6O2. The first-order chi connectivity index (χ1) is 12.2. The lowest BCUT2D eigenvalue weighted by Gasteiger charge is -2.19. The van der Waals surface area contributed by atoms with Crippen LogP contribution in [0.3, 0.4) is 0 Å². The summed E-state index contributed by atoms with van der Waals surface area (Å²) in [6.07, 6.45) is 8.77. The molecule has 8 heteroatoms. The van der Waals surface area contributed by atoms with Crippen molar-refractivity contribution in [2.75, 3.05) is 5.32 Å². The smallest absolute Gasteiger partial charge is 0.275 e. The molecule has 1 amide bonds. The predicted molar refractivity (Wildman–Crippen MR) is 92.5 cm³/mol. The molecule has 3 heterocycles. The van der Waals surface area contributed by atoms with Gasteiger partial charge < -0.3 is 10.3 Å². The third-order valence-corrected chi connectivity index (χ3v) is 4.64. The molecule has 25 heavy (non-hydrogen) atoms. The van der Waals surface area contributed by atoms with Crippen LogP contribution in [0.1, 0.15) is 54.2 Å². The normalized spacial score (nSPS) is 15.4. The van der Waals surface area contributed by atoms with E-state index in [1.807, 2.05) is 6.07 Å². The van der Waals surface area contributed by atoms with E-state index in [1.165, 1.54) is 37.9 Å². The van der Waals surface area contributed by atoms with Crippen molar-refractivity contribution in [3.8, 4) is 0 Å². The second-order valence-electron chi connectivity index (χ2n) is 6.32. The minimum Gasteiger partial charge on any atom is -0.313 e. The molecule has 3 aromatic rings. The molecule has 1 saturated carbocycles. The van der Waals surface area contributed by atoms with Gasteiger partial charge in [0.1, 0.15) is 5.69 Å². The van der Waals surface area contributed by atoms with E-state index < -0.39 is 5.91 Å². The largest absolute Gasteiger partial charge is 0.313 e. The molecule has 4 rings (SSSR count). The van der Waals surface area contributed by atoms with Gasteiger partial charge in [0.25, 0.3) is 11.5 Å². The van der Waals surface area contributed by atoms with Crippen LogP contribution in [0, 0.1) is 0 Å². The van der Waals surface area contributed by atoms with Crippen molar-refractivity contribution in [1.29, 1.82) is 0 Å². The van der Waals surface area contributed by atoms with Gasteiger partial charge in [0.2, 0.25) is 0 Å². The van der Waals surface area contributed by atoms with Crippen molar-refractivity contribution in [2.45, 2.75) is 38.0 Å². The summed E-state index contributed by atoms with van der Waals surface area (Å²) in [5.41, 5.74) is 1.34. The van der Waals surface area contributed by atoms with Gasteiger partial charge in [0, 0.05) is 17.7 Å². The number of carbonyl (C=O) groups is 1. The molecule has 3 N–H and O–H groups in total. The summed E-state index contributed by atoms with van der Waals surface area (Å²) in [6, 6.07) is 3.31. The zero-order valence-corrected chi connectivity index (χ0v) is 13.6. The SMILES string of the molecule is O=C(Nc1cc(C2CCCCC2)[nH]n1)c1cc2c(=O)[nH]cnc2cn1. The van der Waals surface area contributed by atoms with Gasteiger partial charge in [-0.2, -0.15) is 5.10 Å². The van der Waals surface area contributed by atoms with Crippen molar-refractivity contribution in [1.82, 2.24) is 25.1 Å². The summed E-state index contributed by atoms with van der Waals surface area (Å²) in [4.78, 5) is 34.8. The number of amides is 1. The highest BCUT2D eigenvalue weighted by Gasteiger charge is 2.19. The van der Waals surface area contributed by atoms with E-state index in [9.17, 15) is 9.59 Å². The van der Waals surface area contributed by atoms with Crippen LogP contribution in [0.5, 0.6) is 0 Å². The lowest BCUT2D eigenvalue weighted by Crippen LogP contribution is -2.15. The van der Waals surface area contributed by atoms with Crippen LogP contribution in [-0.2, 0) is 0 Å². The monoisotopic (exact) mass is 338 g/mol. The first-order valence-corrected chi connectivity index (χ1v) is 8.41. The van der Waals surface area contributed by atoms with Crippen molar-refractivity contribution in [3.63, 3.8) is 0 Å². The Morgan fingerprint density at radius 2 is 2.00 bits per heavy atom. The van der Waals surface area contributed by atoms with Crippen molar-refractivity contribution >= 4 is 22.6 Å². The van der Waals surface area contributed by atoms with Gasteiger partial charge in [-0.25, -0.2) is 9.97 Å². The molecule has 1 aliphatic carbocycles. The van der Waals surface area contributed by atoms with E-state index in [0.717, 1.165) is 18.5 Å².